The Morgan fingerprint density at radius 3 is 2.19 bits per heavy atom. The van der Waals surface area contributed by atoms with Gasteiger partial charge in [-0.15, -0.1) is 0 Å². The first kappa shape index (κ1) is 20.9. The number of nitrogens with one attached hydrogen (secondary N) is 1. The van der Waals surface area contributed by atoms with Crippen molar-refractivity contribution in [3.63, 3.8) is 0 Å². The predicted octanol–water partition coefficient (Wildman–Crippen LogP) is 4.52. The van der Waals surface area contributed by atoms with Crippen LogP contribution < -0.4 is 5.32 Å². The first-order chi connectivity index (χ1) is 11.9. The fraction of sp³-hybridized carbons (Fsp3) is 0.188. The summed E-state index contributed by atoms with van der Waals surface area (Å²) in [4.78, 5) is 12.5. The molecule has 0 aliphatic rings. The van der Waals surface area contributed by atoms with Crippen molar-refractivity contribution in [2.45, 2.75) is 28.5 Å². The number of hydrogen-bond donors (Lipinski definition) is 2. The summed E-state index contributed by atoms with van der Waals surface area (Å²) in [6.07, 6.45) is -5.15. The second-order valence-corrected chi connectivity index (χ2v) is 8.19. The van der Waals surface area contributed by atoms with Crippen LogP contribution >= 0.6 is 27.5 Å². The minimum Gasteiger partial charge on any atom is -0.373 e. The maximum atomic E-state index is 12.7. The number of carbonyl (C=O) groups is 1. The molecular weight excluding hydrogens is 459 g/mol. The average molecular weight is 471 g/mol. The monoisotopic (exact) mass is 469 g/mol. The van der Waals surface area contributed by atoms with Gasteiger partial charge in [-0.25, -0.2) is 4.21 Å². The van der Waals surface area contributed by atoms with Crippen molar-refractivity contribution in [3.8, 4) is 0 Å². The Balaban J connectivity index is 2.23. The molecule has 2 N–H and O–H groups in total. The molecule has 2 aromatic rings. The van der Waals surface area contributed by atoms with Crippen molar-refractivity contribution in [1.29, 1.82) is 0 Å². The third kappa shape index (κ3) is 4.46. The number of anilines is 1. The molecule has 1 amide bonds. The minimum atomic E-state index is -5.15. The van der Waals surface area contributed by atoms with Crippen LogP contribution in [0.2, 0.25) is 5.02 Å². The van der Waals surface area contributed by atoms with E-state index in [2.05, 4.69) is 15.9 Å². The summed E-state index contributed by atoms with van der Waals surface area (Å²) in [5, 5.41) is 11.2. The molecule has 2 atom stereocenters. The molecule has 2 aromatic carbocycles. The number of rotatable bonds is 4. The van der Waals surface area contributed by atoms with Crippen molar-refractivity contribution >= 4 is 49.9 Å². The van der Waals surface area contributed by atoms with Crippen LogP contribution in [0.1, 0.15) is 6.92 Å². The van der Waals surface area contributed by atoms with Crippen LogP contribution in [0.4, 0.5) is 18.9 Å². The summed E-state index contributed by atoms with van der Waals surface area (Å²) in [6, 6.07) is 10.6. The Bertz CT molecular complexity index is 857. The summed E-state index contributed by atoms with van der Waals surface area (Å²) < 4.78 is 51.4. The Morgan fingerprint density at radius 1 is 1.15 bits per heavy atom. The summed E-state index contributed by atoms with van der Waals surface area (Å²) in [6.45, 7) is 0.340. The van der Waals surface area contributed by atoms with Gasteiger partial charge in [0, 0.05) is 14.3 Å². The van der Waals surface area contributed by atoms with E-state index < -0.39 is 28.5 Å². The lowest BCUT2D eigenvalue weighted by atomic mass is 10.1. The topological polar surface area (TPSA) is 66.4 Å². The van der Waals surface area contributed by atoms with Crippen LogP contribution in [0.25, 0.3) is 0 Å². The first-order valence-electron chi connectivity index (χ1n) is 7.01. The molecule has 0 fully saturated rings. The van der Waals surface area contributed by atoms with E-state index in [1.54, 1.807) is 24.3 Å². The Labute approximate surface area is 162 Å². The molecular formula is C16H12BrClF3NO3S. The normalized spacial score (nSPS) is 15.2. The zero-order valence-electron chi connectivity index (χ0n) is 13.1. The predicted molar refractivity (Wildman–Crippen MR) is 95.6 cm³/mol. The van der Waals surface area contributed by atoms with Crippen LogP contribution in [-0.2, 0) is 15.6 Å². The van der Waals surface area contributed by atoms with Crippen molar-refractivity contribution in [2.75, 3.05) is 5.32 Å². The highest BCUT2D eigenvalue weighted by molar-refractivity contribution is 9.10. The molecule has 0 heterocycles. The van der Waals surface area contributed by atoms with E-state index in [9.17, 15) is 27.3 Å². The third-order valence-corrected chi connectivity index (χ3v) is 5.65. The van der Waals surface area contributed by atoms with E-state index in [1.807, 2.05) is 5.32 Å². The van der Waals surface area contributed by atoms with Gasteiger partial charge in [0.15, 0.2) is 0 Å². The average Bonchev–Trinajstić information content (AvgIpc) is 2.55. The molecule has 0 radical (unpaired) electrons. The Hall–Kier alpha value is -1.42. The van der Waals surface area contributed by atoms with Gasteiger partial charge in [-0.05, 0) is 49.4 Å². The number of carbonyl (C=O) groups excluding carboxylic acids is 1. The minimum absolute atomic E-state index is 0.112. The fourth-order valence-electron chi connectivity index (χ4n) is 1.78. The van der Waals surface area contributed by atoms with Crippen LogP contribution in [0.15, 0.2) is 56.7 Å². The lowest BCUT2D eigenvalue weighted by Crippen LogP contribution is -2.52. The molecule has 2 rings (SSSR count). The van der Waals surface area contributed by atoms with Gasteiger partial charge in [-0.2, -0.15) is 13.2 Å². The molecule has 4 nitrogen and oxygen atoms in total. The van der Waals surface area contributed by atoms with E-state index in [1.165, 1.54) is 18.2 Å². The SMILES string of the molecule is C[C@@](O)(C(=O)Nc1ccc(S(=O)c2ccc(Br)cc2)cc1Cl)C(F)(F)F. The molecule has 0 bridgehead atoms. The van der Waals surface area contributed by atoms with Gasteiger partial charge < -0.3 is 10.4 Å². The quantitative estimate of drug-likeness (QED) is 0.690. The highest BCUT2D eigenvalue weighted by Crippen LogP contribution is 2.33. The van der Waals surface area contributed by atoms with Gasteiger partial charge in [-0.3, -0.25) is 4.79 Å². The number of hydrogen-bond acceptors (Lipinski definition) is 3. The van der Waals surface area contributed by atoms with Gasteiger partial charge in [0.2, 0.25) is 5.60 Å². The van der Waals surface area contributed by atoms with Gasteiger partial charge >= 0.3 is 6.18 Å². The highest BCUT2D eigenvalue weighted by atomic mass is 79.9. The number of halogens is 5. The van der Waals surface area contributed by atoms with Crippen LogP contribution in [0, 0.1) is 0 Å². The summed E-state index contributed by atoms with van der Waals surface area (Å²) in [5.74, 6) is -1.67. The molecule has 10 heteroatoms. The highest BCUT2D eigenvalue weighted by Gasteiger charge is 2.55. The Kier molecular flexibility index (Phi) is 6.17. The zero-order chi connectivity index (χ0) is 19.7. The third-order valence-electron chi connectivity index (χ3n) is 3.42. The molecule has 140 valence electrons. The maximum absolute atomic E-state index is 12.7. The molecule has 0 aliphatic carbocycles. The smallest absolute Gasteiger partial charge is 0.373 e. The van der Waals surface area contributed by atoms with Crippen molar-refractivity contribution < 1.29 is 27.3 Å². The first-order valence-corrected chi connectivity index (χ1v) is 9.33. The molecule has 26 heavy (non-hydrogen) atoms. The number of aliphatic hydroxyl groups is 1. The number of amides is 1. The van der Waals surface area contributed by atoms with Gasteiger partial charge in [0.25, 0.3) is 5.91 Å². The maximum Gasteiger partial charge on any atom is 0.426 e. The van der Waals surface area contributed by atoms with Crippen molar-refractivity contribution in [1.82, 2.24) is 0 Å². The fourth-order valence-corrected chi connectivity index (χ4v) is 3.41. The molecule has 0 saturated heterocycles. The zero-order valence-corrected chi connectivity index (χ0v) is 16.3. The van der Waals surface area contributed by atoms with E-state index in [0.717, 1.165) is 4.47 Å². The van der Waals surface area contributed by atoms with E-state index in [0.29, 0.717) is 16.7 Å². The largest absolute Gasteiger partial charge is 0.426 e. The summed E-state index contributed by atoms with van der Waals surface area (Å²) >= 11 is 9.24. The molecule has 0 spiro atoms. The van der Waals surface area contributed by atoms with Crippen molar-refractivity contribution in [2.24, 2.45) is 0 Å². The van der Waals surface area contributed by atoms with E-state index >= 15 is 0 Å². The van der Waals surface area contributed by atoms with Crippen LogP contribution in [0.5, 0.6) is 0 Å². The molecule has 1 unspecified atom stereocenters. The molecule has 0 aromatic heterocycles. The summed E-state index contributed by atoms with van der Waals surface area (Å²) in [7, 11) is -1.56. The number of benzene rings is 2. The lowest BCUT2D eigenvalue weighted by Gasteiger charge is -2.25. The second kappa shape index (κ2) is 7.67. The van der Waals surface area contributed by atoms with Crippen LogP contribution in [0.3, 0.4) is 0 Å². The Morgan fingerprint density at radius 2 is 1.69 bits per heavy atom. The van der Waals surface area contributed by atoms with Gasteiger partial charge in [-0.1, -0.05) is 27.5 Å². The van der Waals surface area contributed by atoms with E-state index in [-0.39, 0.29) is 10.7 Å². The van der Waals surface area contributed by atoms with Crippen molar-refractivity contribution in [3.05, 3.63) is 52.0 Å². The van der Waals surface area contributed by atoms with E-state index in [4.69, 9.17) is 11.6 Å². The molecule has 0 saturated carbocycles. The van der Waals surface area contributed by atoms with Crippen LogP contribution in [-0.4, -0.2) is 27.0 Å². The second-order valence-electron chi connectivity index (χ2n) is 5.39. The lowest BCUT2D eigenvalue weighted by molar-refractivity contribution is -0.242. The van der Waals surface area contributed by atoms with Gasteiger partial charge in [0.1, 0.15) is 0 Å². The van der Waals surface area contributed by atoms with Gasteiger partial charge in [0.05, 0.1) is 21.5 Å². The number of alkyl halides is 3. The summed E-state index contributed by atoms with van der Waals surface area (Å²) in [5.41, 5.74) is -3.72. The standard InChI is InChI=1S/C16H12BrClF3NO3S/c1-15(24,16(19,20)21)14(23)22-13-7-6-11(8-12(13)18)26(25)10-4-2-9(17)3-5-10/h2-8,24H,1H3,(H,22,23)/t15-,26?/m1/s1. The molecule has 0 aliphatic heterocycles.